The van der Waals surface area contributed by atoms with Gasteiger partial charge in [0.2, 0.25) is 0 Å². The summed E-state index contributed by atoms with van der Waals surface area (Å²) in [6.07, 6.45) is 10.3. The van der Waals surface area contributed by atoms with Gasteiger partial charge in [0.05, 0.1) is 0 Å². The van der Waals surface area contributed by atoms with Crippen LogP contribution < -0.4 is 0 Å². The second-order valence-electron chi connectivity index (χ2n) is 12.3. The molecule has 2 atom stereocenters. The zero-order valence-electron chi connectivity index (χ0n) is 23.1. The molecule has 4 aromatic heterocycles. The third-order valence-corrected chi connectivity index (χ3v) is 7.73. The Morgan fingerprint density at radius 1 is 0.405 bits per heavy atom. The Morgan fingerprint density at radius 3 is 0.973 bits per heavy atom. The van der Waals surface area contributed by atoms with Crippen LogP contribution in [-0.4, -0.2) is 19.9 Å². The second kappa shape index (κ2) is 10.5. The molecule has 0 N–H and O–H groups in total. The van der Waals surface area contributed by atoms with Crippen molar-refractivity contribution in [2.45, 2.75) is 82.5 Å². The summed E-state index contributed by atoms with van der Waals surface area (Å²) < 4.78 is 0. The summed E-state index contributed by atoms with van der Waals surface area (Å²) in [5, 5.41) is 0. The molecule has 0 saturated carbocycles. The lowest BCUT2D eigenvalue weighted by molar-refractivity contribution is 0.202. The Kier molecular flexibility index (Phi) is 7.59. The maximum Gasteiger partial charge on any atom is 0.0463 e. The molecule has 0 aromatic carbocycles. The van der Waals surface area contributed by atoms with Gasteiger partial charge in [0.25, 0.3) is 0 Å². The summed E-state index contributed by atoms with van der Waals surface area (Å²) in [7, 11) is 0. The fourth-order valence-electron chi connectivity index (χ4n) is 6.45. The van der Waals surface area contributed by atoms with Gasteiger partial charge in [0.15, 0.2) is 0 Å². The Labute approximate surface area is 222 Å². The molecule has 0 bridgehead atoms. The van der Waals surface area contributed by atoms with Crippen LogP contribution in [0, 0.1) is 0 Å². The summed E-state index contributed by atoms with van der Waals surface area (Å²) in [5.41, 5.74) is 3.68. The highest BCUT2D eigenvalue weighted by Crippen LogP contribution is 2.49. The maximum atomic E-state index is 4.91. The third-order valence-electron chi connectivity index (χ3n) is 7.73. The van der Waals surface area contributed by atoms with E-state index < -0.39 is 0 Å². The molecular formula is C33H40N4. The van der Waals surface area contributed by atoms with Crippen molar-refractivity contribution in [1.29, 1.82) is 0 Å². The van der Waals surface area contributed by atoms with E-state index in [0.717, 1.165) is 42.0 Å². The Hall–Kier alpha value is -3.40. The lowest BCUT2D eigenvalue weighted by atomic mass is 9.59. The Bertz CT molecular complexity index is 1160. The first-order valence-corrected chi connectivity index (χ1v) is 13.2. The molecule has 4 aromatic rings. The molecule has 0 amide bonds. The smallest absolute Gasteiger partial charge is 0.0463 e. The standard InChI is InChI=1S/C33H40N4/c1-30(2,26-15-7-11-19-34-26)23-32(5,28-17-9-13-21-36-28)25-33(6,29-18-10-14-22-37-29)24-31(3,4)27-16-8-12-20-35-27/h7-22H,23-25H2,1-6H3. The summed E-state index contributed by atoms with van der Waals surface area (Å²) >= 11 is 0. The largest absolute Gasteiger partial charge is 0.261 e. The van der Waals surface area contributed by atoms with Crippen molar-refractivity contribution in [2.75, 3.05) is 0 Å². The average Bonchev–Trinajstić information content (AvgIpc) is 2.90. The molecule has 0 aliphatic carbocycles. The Balaban J connectivity index is 1.80. The summed E-state index contributed by atoms with van der Waals surface area (Å²) in [6, 6.07) is 25.0. The molecule has 0 aliphatic rings. The van der Waals surface area contributed by atoms with Crippen molar-refractivity contribution >= 4 is 0 Å². The maximum absolute atomic E-state index is 4.91. The van der Waals surface area contributed by atoms with Crippen molar-refractivity contribution in [1.82, 2.24) is 19.9 Å². The SMILES string of the molecule is CC(C)(CC(C)(CC(C)(CC(C)(C)c1ccccn1)c1ccccn1)c1ccccn1)c1ccccn1. The number of rotatable bonds is 10. The van der Waals surface area contributed by atoms with Crippen molar-refractivity contribution in [3.63, 3.8) is 0 Å². The molecule has 4 nitrogen and oxygen atoms in total. The van der Waals surface area contributed by atoms with Gasteiger partial charge in [-0.2, -0.15) is 0 Å². The van der Waals surface area contributed by atoms with E-state index >= 15 is 0 Å². The lowest BCUT2D eigenvalue weighted by Crippen LogP contribution is -2.42. The number of pyridine rings is 4. The van der Waals surface area contributed by atoms with Crippen LogP contribution in [0.25, 0.3) is 0 Å². The summed E-state index contributed by atoms with van der Waals surface area (Å²) in [5.74, 6) is 0. The minimum Gasteiger partial charge on any atom is -0.261 e. The first kappa shape index (κ1) is 26.7. The van der Waals surface area contributed by atoms with Gasteiger partial charge in [-0.15, -0.1) is 0 Å². The molecule has 192 valence electrons. The predicted molar refractivity (Wildman–Crippen MR) is 152 cm³/mol. The molecule has 0 spiro atoms. The predicted octanol–water partition coefficient (Wildman–Crippen LogP) is 7.61. The van der Waals surface area contributed by atoms with Crippen LogP contribution >= 0.6 is 0 Å². The molecule has 0 aliphatic heterocycles. The van der Waals surface area contributed by atoms with Gasteiger partial charge < -0.3 is 0 Å². The molecule has 0 radical (unpaired) electrons. The van der Waals surface area contributed by atoms with Crippen LogP contribution in [0.2, 0.25) is 0 Å². The van der Waals surface area contributed by atoms with Gasteiger partial charge in [-0.25, -0.2) is 0 Å². The van der Waals surface area contributed by atoms with E-state index in [1.807, 2.05) is 49.1 Å². The molecule has 4 rings (SSSR count). The van der Waals surface area contributed by atoms with Gasteiger partial charge in [-0.05, 0) is 67.8 Å². The number of hydrogen-bond donors (Lipinski definition) is 0. The number of nitrogens with zero attached hydrogens (tertiary/aromatic N) is 4. The second-order valence-corrected chi connectivity index (χ2v) is 12.3. The van der Waals surface area contributed by atoms with Crippen molar-refractivity contribution in [3.05, 3.63) is 120 Å². The van der Waals surface area contributed by atoms with Crippen LogP contribution in [-0.2, 0) is 21.7 Å². The first-order valence-electron chi connectivity index (χ1n) is 13.2. The van der Waals surface area contributed by atoms with Crippen LogP contribution in [0.4, 0.5) is 0 Å². The lowest BCUT2D eigenvalue weighted by Gasteiger charge is -2.45. The highest BCUT2D eigenvalue weighted by molar-refractivity contribution is 5.28. The minimum absolute atomic E-state index is 0.144. The van der Waals surface area contributed by atoms with E-state index in [4.69, 9.17) is 19.9 Å². The van der Waals surface area contributed by atoms with Crippen molar-refractivity contribution in [3.8, 4) is 0 Å². The number of hydrogen-bond acceptors (Lipinski definition) is 4. The van der Waals surface area contributed by atoms with E-state index in [0.29, 0.717) is 0 Å². The molecule has 4 heteroatoms. The highest BCUT2D eigenvalue weighted by atomic mass is 14.8. The molecule has 0 fully saturated rings. The van der Waals surface area contributed by atoms with Crippen LogP contribution in [0.15, 0.2) is 97.6 Å². The monoisotopic (exact) mass is 492 g/mol. The average molecular weight is 493 g/mol. The zero-order valence-corrected chi connectivity index (χ0v) is 23.1. The van der Waals surface area contributed by atoms with Gasteiger partial charge in [-0.3, -0.25) is 19.9 Å². The Morgan fingerprint density at radius 2 is 0.703 bits per heavy atom. The van der Waals surface area contributed by atoms with Gasteiger partial charge >= 0.3 is 0 Å². The van der Waals surface area contributed by atoms with Crippen molar-refractivity contribution < 1.29 is 0 Å². The van der Waals surface area contributed by atoms with E-state index in [1.54, 1.807) is 0 Å². The van der Waals surface area contributed by atoms with Crippen LogP contribution in [0.1, 0.15) is 83.6 Å². The minimum atomic E-state index is -0.227. The molecule has 4 heterocycles. The van der Waals surface area contributed by atoms with E-state index in [9.17, 15) is 0 Å². The van der Waals surface area contributed by atoms with Gasteiger partial charge in [0.1, 0.15) is 0 Å². The fraction of sp³-hybridized carbons (Fsp3) is 0.394. The molecule has 2 unspecified atom stereocenters. The highest BCUT2D eigenvalue weighted by Gasteiger charge is 2.45. The number of aromatic nitrogens is 4. The van der Waals surface area contributed by atoms with Crippen molar-refractivity contribution in [2.24, 2.45) is 0 Å². The van der Waals surface area contributed by atoms with Crippen LogP contribution in [0.5, 0.6) is 0 Å². The van der Waals surface area contributed by atoms with Gasteiger partial charge in [0, 0.05) is 69.2 Å². The zero-order chi connectivity index (χ0) is 26.6. The fourth-order valence-corrected chi connectivity index (χ4v) is 6.45. The van der Waals surface area contributed by atoms with Gasteiger partial charge in [-0.1, -0.05) is 65.8 Å². The van der Waals surface area contributed by atoms with E-state index in [1.165, 1.54) is 0 Å². The van der Waals surface area contributed by atoms with Crippen LogP contribution in [0.3, 0.4) is 0 Å². The third kappa shape index (κ3) is 6.12. The van der Waals surface area contributed by atoms with E-state index in [-0.39, 0.29) is 21.7 Å². The topological polar surface area (TPSA) is 51.6 Å². The normalized spacial score (nSPS) is 15.5. The quantitative estimate of drug-likeness (QED) is 0.229. The van der Waals surface area contributed by atoms with E-state index in [2.05, 4.69) is 90.1 Å². The first-order chi connectivity index (χ1) is 17.5. The summed E-state index contributed by atoms with van der Waals surface area (Å²) in [6.45, 7) is 13.9. The summed E-state index contributed by atoms with van der Waals surface area (Å²) in [4.78, 5) is 19.3. The molecule has 0 saturated heterocycles. The molecule has 37 heavy (non-hydrogen) atoms. The molecular weight excluding hydrogens is 452 g/mol.